The number of hydrogen-bond acceptors (Lipinski definition) is 7. The lowest BCUT2D eigenvalue weighted by molar-refractivity contribution is 0.171. The fourth-order valence-corrected chi connectivity index (χ4v) is 4.93. The Hall–Kier alpha value is -3.78. The van der Waals surface area contributed by atoms with E-state index in [1.807, 2.05) is 53.0 Å². The molecule has 0 amide bonds. The van der Waals surface area contributed by atoms with Crippen LogP contribution >= 0.6 is 0 Å². The normalized spacial score (nSPS) is 15.7. The Kier molecular flexibility index (Phi) is 6.58. The number of nitrogens with one attached hydrogen (secondary N) is 2. The van der Waals surface area contributed by atoms with Crippen molar-refractivity contribution in [2.24, 2.45) is 0 Å². The first kappa shape index (κ1) is 22.7. The highest BCUT2D eigenvalue weighted by Crippen LogP contribution is 2.34. The van der Waals surface area contributed by atoms with E-state index in [2.05, 4.69) is 27.7 Å². The molecule has 4 aromatic rings. The zero-order valence-electron chi connectivity index (χ0n) is 20.4. The Bertz CT molecular complexity index is 1330. The quantitative estimate of drug-likeness (QED) is 0.333. The summed E-state index contributed by atoms with van der Waals surface area (Å²) in [6.45, 7) is 5.77. The van der Waals surface area contributed by atoms with Gasteiger partial charge in [0.25, 0.3) is 0 Å². The van der Waals surface area contributed by atoms with Gasteiger partial charge in [0.1, 0.15) is 13.2 Å². The molecule has 0 aliphatic carbocycles. The maximum absolute atomic E-state index is 5.77. The minimum absolute atomic E-state index is 0.558. The zero-order chi connectivity index (χ0) is 24.2. The van der Waals surface area contributed by atoms with Gasteiger partial charge in [0, 0.05) is 23.5 Å². The van der Waals surface area contributed by atoms with Crippen molar-refractivity contribution in [1.82, 2.24) is 19.5 Å². The van der Waals surface area contributed by atoms with Crippen LogP contribution < -0.4 is 20.1 Å². The number of aromatic nitrogens is 3. The van der Waals surface area contributed by atoms with Crippen LogP contribution in [-0.4, -0.2) is 58.9 Å². The van der Waals surface area contributed by atoms with Crippen molar-refractivity contribution in [3.05, 3.63) is 60.7 Å². The van der Waals surface area contributed by atoms with Crippen LogP contribution in [0.15, 0.2) is 60.7 Å². The molecule has 1 saturated heterocycles. The molecule has 2 aliphatic rings. The summed E-state index contributed by atoms with van der Waals surface area (Å²) in [5.74, 6) is 2.09. The van der Waals surface area contributed by atoms with E-state index in [9.17, 15) is 0 Å². The summed E-state index contributed by atoms with van der Waals surface area (Å²) in [6.07, 6.45) is 5.22. The second-order valence-electron chi connectivity index (χ2n) is 9.36. The average molecular weight is 485 g/mol. The summed E-state index contributed by atoms with van der Waals surface area (Å²) in [5.41, 5.74) is 4.76. The maximum atomic E-state index is 5.77. The van der Waals surface area contributed by atoms with Gasteiger partial charge in [-0.25, -0.2) is 4.52 Å². The number of likely N-dealkylation sites (tertiary alicyclic amines) is 1. The van der Waals surface area contributed by atoms with Gasteiger partial charge in [-0.3, -0.25) is 0 Å². The van der Waals surface area contributed by atoms with E-state index >= 15 is 0 Å². The Morgan fingerprint density at radius 3 is 2.58 bits per heavy atom. The molecular formula is C28H32N6O2. The fourth-order valence-electron chi connectivity index (χ4n) is 4.93. The van der Waals surface area contributed by atoms with Crippen molar-refractivity contribution in [3.63, 3.8) is 0 Å². The summed E-state index contributed by atoms with van der Waals surface area (Å²) < 4.78 is 13.3. The minimum atomic E-state index is 0.558. The van der Waals surface area contributed by atoms with Gasteiger partial charge in [-0.2, -0.15) is 4.98 Å². The van der Waals surface area contributed by atoms with Gasteiger partial charge in [0.15, 0.2) is 17.1 Å². The Morgan fingerprint density at radius 1 is 0.833 bits per heavy atom. The summed E-state index contributed by atoms with van der Waals surface area (Å²) in [7, 11) is 0. The molecule has 0 spiro atoms. The largest absolute Gasteiger partial charge is 0.486 e. The van der Waals surface area contributed by atoms with Crippen LogP contribution in [-0.2, 0) is 0 Å². The van der Waals surface area contributed by atoms with E-state index in [1.165, 1.54) is 38.9 Å². The molecule has 4 heterocycles. The molecule has 36 heavy (non-hydrogen) atoms. The lowest BCUT2D eigenvalue weighted by Crippen LogP contribution is -2.31. The number of ether oxygens (including phenoxy) is 2. The third-order valence-corrected chi connectivity index (χ3v) is 6.75. The molecule has 0 atom stereocenters. The molecule has 0 unspecified atom stereocenters. The number of rotatable bonds is 8. The molecule has 2 N–H and O–H groups in total. The average Bonchev–Trinajstić information content (AvgIpc) is 3.34. The molecule has 186 valence electrons. The highest BCUT2D eigenvalue weighted by Gasteiger charge is 2.15. The maximum Gasteiger partial charge on any atom is 0.247 e. The van der Waals surface area contributed by atoms with E-state index < -0.39 is 0 Å². The number of nitrogens with zero attached hydrogens (tertiary/aromatic N) is 4. The smallest absolute Gasteiger partial charge is 0.247 e. The molecule has 2 aromatic heterocycles. The van der Waals surface area contributed by atoms with E-state index in [0.29, 0.717) is 19.2 Å². The van der Waals surface area contributed by atoms with Crippen molar-refractivity contribution < 1.29 is 9.47 Å². The summed E-state index contributed by atoms with van der Waals surface area (Å²) in [5, 5.41) is 11.7. The van der Waals surface area contributed by atoms with Crippen LogP contribution in [0.1, 0.15) is 25.7 Å². The number of fused-ring (bicyclic) bond motifs is 2. The first-order valence-corrected chi connectivity index (χ1v) is 12.9. The summed E-state index contributed by atoms with van der Waals surface area (Å²) in [6, 6.07) is 20.2. The summed E-state index contributed by atoms with van der Waals surface area (Å²) >= 11 is 0. The van der Waals surface area contributed by atoms with Gasteiger partial charge in [-0.05, 0) is 87.4 Å². The monoisotopic (exact) mass is 484 g/mol. The zero-order valence-corrected chi connectivity index (χ0v) is 20.4. The van der Waals surface area contributed by atoms with Crippen LogP contribution in [0.25, 0.3) is 16.9 Å². The Morgan fingerprint density at radius 2 is 1.67 bits per heavy atom. The van der Waals surface area contributed by atoms with Crippen molar-refractivity contribution in [2.45, 2.75) is 25.7 Å². The van der Waals surface area contributed by atoms with Crippen LogP contribution in [0.5, 0.6) is 11.5 Å². The van der Waals surface area contributed by atoms with Gasteiger partial charge < -0.3 is 25.0 Å². The van der Waals surface area contributed by atoms with Crippen molar-refractivity contribution in [2.75, 3.05) is 50.0 Å². The molecule has 2 aliphatic heterocycles. The van der Waals surface area contributed by atoms with Crippen LogP contribution in [0, 0.1) is 0 Å². The molecule has 0 radical (unpaired) electrons. The minimum Gasteiger partial charge on any atom is -0.486 e. The van der Waals surface area contributed by atoms with Crippen molar-refractivity contribution in [3.8, 4) is 22.8 Å². The molecule has 1 fully saturated rings. The second kappa shape index (κ2) is 10.5. The number of anilines is 3. The number of piperidine rings is 1. The van der Waals surface area contributed by atoms with Crippen molar-refractivity contribution >= 4 is 23.0 Å². The molecule has 8 heteroatoms. The predicted octanol–water partition coefficient (Wildman–Crippen LogP) is 5.20. The van der Waals surface area contributed by atoms with Crippen LogP contribution in [0.2, 0.25) is 0 Å². The van der Waals surface area contributed by atoms with Gasteiger partial charge in [0.05, 0.1) is 5.69 Å². The number of pyridine rings is 1. The summed E-state index contributed by atoms with van der Waals surface area (Å²) in [4.78, 5) is 7.28. The Balaban J connectivity index is 1.13. The van der Waals surface area contributed by atoms with Gasteiger partial charge in [-0.15, -0.1) is 5.10 Å². The van der Waals surface area contributed by atoms with E-state index in [0.717, 1.165) is 52.7 Å². The van der Waals surface area contributed by atoms with Crippen molar-refractivity contribution in [1.29, 1.82) is 0 Å². The van der Waals surface area contributed by atoms with Gasteiger partial charge in [-0.1, -0.05) is 18.6 Å². The molecular weight excluding hydrogens is 452 g/mol. The predicted molar refractivity (Wildman–Crippen MR) is 143 cm³/mol. The van der Waals surface area contributed by atoms with Gasteiger partial charge >= 0.3 is 0 Å². The first-order valence-electron chi connectivity index (χ1n) is 12.9. The molecule has 0 bridgehead atoms. The van der Waals surface area contributed by atoms with Crippen LogP contribution in [0.3, 0.4) is 0 Å². The van der Waals surface area contributed by atoms with Gasteiger partial charge in [0.2, 0.25) is 5.95 Å². The topological polar surface area (TPSA) is 76.0 Å². The third-order valence-electron chi connectivity index (χ3n) is 6.75. The number of benzene rings is 2. The first-order chi connectivity index (χ1) is 17.8. The van der Waals surface area contributed by atoms with E-state index in [-0.39, 0.29) is 0 Å². The molecule has 0 saturated carbocycles. The molecule has 8 nitrogen and oxygen atoms in total. The highest BCUT2D eigenvalue weighted by atomic mass is 16.6. The van der Waals surface area contributed by atoms with E-state index in [4.69, 9.17) is 19.6 Å². The lowest BCUT2D eigenvalue weighted by Gasteiger charge is -2.26. The highest BCUT2D eigenvalue weighted by molar-refractivity contribution is 5.68. The Labute approximate surface area is 211 Å². The second-order valence-corrected chi connectivity index (χ2v) is 9.36. The van der Waals surface area contributed by atoms with E-state index in [1.54, 1.807) is 0 Å². The number of hydrogen-bond donors (Lipinski definition) is 2. The fraction of sp³-hybridized carbons (Fsp3) is 0.357. The molecule has 2 aromatic carbocycles. The molecule has 6 rings (SSSR count). The SMILES string of the molecule is c1cc(NCCCN2CCCCC2)cc(Nc2nc3cccc(-c4ccc5c(c4)OCCO5)n3n2)c1. The van der Waals surface area contributed by atoms with Crippen LogP contribution in [0.4, 0.5) is 17.3 Å². The standard InChI is InChI=1S/C28H32N6O2/c1-2-14-33(15-3-1)16-6-13-29-22-7-4-8-23(20-22)30-28-31-27-10-5-9-24(34(27)32-28)21-11-12-25-26(19-21)36-18-17-35-25/h4-5,7-12,19-20,29H,1-3,6,13-18H2,(H,30,32). The third kappa shape index (κ3) is 5.09. The lowest BCUT2D eigenvalue weighted by atomic mass is 10.1.